The predicted octanol–water partition coefficient (Wildman–Crippen LogP) is 6.37. The number of hydrogen-bond acceptors (Lipinski definition) is 6. The summed E-state index contributed by atoms with van der Waals surface area (Å²) >= 11 is 12.8. The highest BCUT2D eigenvalue weighted by Crippen LogP contribution is 2.41. The van der Waals surface area contributed by atoms with Crippen LogP contribution in [0.4, 0.5) is 0 Å². The fourth-order valence-electron chi connectivity index (χ4n) is 3.68. The van der Waals surface area contributed by atoms with Crippen molar-refractivity contribution < 1.29 is 19.3 Å². The van der Waals surface area contributed by atoms with E-state index in [1.54, 1.807) is 57.5 Å². The molecule has 4 aromatic rings. The molecule has 0 aliphatic rings. The van der Waals surface area contributed by atoms with Crippen LogP contribution in [0, 0.1) is 18.3 Å². The minimum Gasteiger partial charge on any atom is -0.497 e. The Kier molecular flexibility index (Phi) is 7.70. The lowest BCUT2D eigenvalue weighted by Gasteiger charge is -2.16. The average molecular weight is 524 g/mol. The molecule has 0 aliphatic carbocycles. The van der Waals surface area contributed by atoms with Gasteiger partial charge in [0.2, 0.25) is 5.88 Å². The van der Waals surface area contributed by atoms with Gasteiger partial charge >= 0.3 is 0 Å². The van der Waals surface area contributed by atoms with E-state index in [2.05, 4.69) is 11.2 Å². The second-order valence-electron chi connectivity index (χ2n) is 8.02. The lowest BCUT2D eigenvalue weighted by atomic mass is 10.0. The Morgan fingerprint density at radius 3 is 2.33 bits per heavy atom. The lowest BCUT2D eigenvalue weighted by molar-refractivity contribution is 0.215. The molecule has 0 aliphatic heterocycles. The first-order valence-corrected chi connectivity index (χ1v) is 11.7. The summed E-state index contributed by atoms with van der Waals surface area (Å²) in [5.41, 5.74) is 3.10. The number of aryl methyl sites for hydroxylation is 2. The number of benzene rings is 3. The highest BCUT2D eigenvalue weighted by Gasteiger charge is 2.25. The fourth-order valence-corrected chi connectivity index (χ4v) is 4.16. The highest BCUT2D eigenvalue weighted by atomic mass is 35.5. The molecule has 1 aromatic heterocycles. The van der Waals surface area contributed by atoms with Crippen molar-refractivity contribution in [3.63, 3.8) is 0 Å². The number of nitrogens with zero attached hydrogens (tertiary/aromatic N) is 3. The van der Waals surface area contributed by atoms with Gasteiger partial charge in [-0.3, -0.25) is 0 Å². The molecule has 4 rings (SSSR count). The SMILES string of the molecule is COc1ccc(COc2cc(Oc3c(C(O)c4ccc(C#N)cc4)c(C)nn3C)c(Cl)cc2Cl)cc1. The largest absolute Gasteiger partial charge is 0.497 e. The molecule has 0 saturated heterocycles. The maximum Gasteiger partial charge on any atom is 0.224 e. The molecule has 0 bridgehead atoms. The lowest BCUT2D eigenvalue weighted by Crippen LogP contribution is -2.04. The molecule has 0 amide bonds. The van der Waals surface area contributed by atoms with Crippen molar-refractivity contribution in [2.75, 3.05) is 7.11 Å². The van der Waals surface area contributed by atoms with E-state index in [0.717, 1.165) is 11.3 Å². The van der Waals surface area contributed by atoms with Crippen molar-refractivity contribution in [2.45, 2.75) is 19.6 Å². The van der Waals surface area contributed by atoms with Gasteiger partial charge in [0, 0.05) is 13.1 Å². The first kappa shape index (κ1) is 25.4. The van der Waals surface area contributed by atoms with Crippen LogP contribution in [0.2, 0.25) is 10.0 Å². The Morgan fingerprint density at radius 1 is 1.03 bits per heavy atom. The van der Waals surface area contributed by atoms with E-state index in [4.69, 9.17) is 42.7 Å². The summed E-state index contributed by atoms with van der Waals surface area (Å²) in [6.07, 6.45) is -1.03. The Hall–Kier alpha value is -3.70. The van der Waals surface area contributed by atoms with Gasteiger partial charge in [-0.1, -0.05) is 47.5 Å². The van der Waals surface area contributed by atoms with Gasteiger partial charge in [0.05, 0.1) is 40.0 Å². The van der Waals surface area contributed by atoms with Crippen LogP contribution in [-0.4, -0.2) is 22.0 Å². The molecule has 0 radical (unpaired) electrons. The Balaban J connectivity index is 1.61. The second kappa shape index (κ2) is 10.9. The van der Waals surface area contributed by atoms with Crippen LogP contribution in [-0.2, 0) is 13.7 Å². The van der Waals surface area contributed by atoms with Crippen LogP contribution in [0.5, 0.6) is 23.1 Å². The van der Waals surface area contributed by atoms with Crippen molar-refractivity contribution in [1.29, 1.82) is 5.26 Å². The summed E-state index contributed by atoms with van der Waals surface area (Å²) in [6.45, 7) is 2.06. The fraction of sp³-hybridized carbons (Fsp3) is 0.185. The third-order valence-corrected chi connectivity index (χ3v) is 6.18. The van der Waals surface area contributed by atoms with E-state index in [1.807, 2.05) is 24.3 Å². The van der Waals surface area contributed by atoms with Crippen molar-refractivity contribution >= 4 is 23.2 Å². The molecule has 9 heteroatoms. The molecule has 1 unspecified atom stereocenters. The Labute approximate surface area is 219 Å². The van der Waals surface area contributed by atoms with Crippen molar-refractivity contribution in [3.8, 4) is 29.2 Å². The first-order chi connectivity index (χ1) is 17.3. The molecular weight excluding hydrogens is 501 g/mol. The molecule has 0 spiro atoms. The van der Waals surface area contributed by atoms with E-state index < -0.39 is 6.10 Å². The third-order valence-electron chi connectivity index (χ3n) is 5.59. The molecule has 0 saturated carbocycles. The summed E-state index contributed by atoms with van der Waals surface area (Å²) in [5, 5.41) is 25.2. The number of halogens is 2. The van der Waals surface area contributed by atoms with Crippen molar-refractivity contribution in [1.82, 2.24) is 9.78 Å². The van der Waals surface area contributed by atoms with Gasteiger partial charge in [-0.2, -0.15) is 10.4 Å². The number of aliphatic hydroxyl groups is 1. The molecule has 184 valence electrons. The third kappa shape index (κ3) is 5.42. The van der Waals surface area contributed by atoms with E-state index in [9.17, 15) is 5.11 Å². The zero-order valence-corrected chi connectivity index (χ0v) is 21.3. The van der Waals surface area contributed by atoms with E-state index >= 15 is 0 Å². The quantitative estimate of drug-likeness (QED) is 0.288. The van der Waals surface area contributed by atoms with Gasteiger partial charge in [-0.05, 0) is 48.4 Å². The highest BCUT2D eigenvalue weighted by molar-refractivity contribution is 6.36. The number of hydrogen-bond donors (Lipinski definition) is 1. The zero-order chi connectivity index (χ0) is 25.8. The maximum absolute atomic E-state index is 11.1. The van der Waals surface area contributed by atoms with Crippen molar-refractivity contribution in [2.24, 2.45) is 7.05 Å². The van der Waals surface area contributed by atoms with Crippen LogP contribution in [0.1, 0.15) is 34.1 Å². The number of ether oxygens (including phenoxy) is 3. The van der Waals surface area contributed by atoms with Gasteiger partial charge < -0.3 is 19.3 Å². The second-order valence-corrected chi connectivity index (χ2v) is 8.83. The standard InChI is InChI=1S/C27H23Cl2N3O4/c1-16-25(26(33)19-8-4-17(14-30)5-9-19)27(32(2)31-16)36-24-13-23(21(28)12-22(24)29)35-15-18-6-10-20(34-3)11-7-18/h4-13,26,33H,15H2,1-3H3. The molecule has 1 atom stereocenters. The van der Waals surface area contributed by atoms with Gasteiger partial charge in [-0.15, -0.1) is 0 Å². The molecule has 1 N–H and O–H groups in total. The topological polar surface area (TPSA) is 89.5 Å². The van der Waals surface area contributed by atoms with E-state index in [-0.39, 0.29) is 11.6 Å². The molecule has 7 nitrogen and oxygen atoms in total. The van der Waals surface area contributed by atoms with Crippen LogP contribution >= 0.6 is 23.2 Å². The molecule has 3 aromatic carbocycles. The molecule has 0 fully saturated rings. The molecule has 1 heterocycles. The summed E-state index contributed by atoms with van der Waals surface area (Å²) in [6, 6.07) is 19.4. The van der Waals surface area contributed by atoms with Crippen LogP contribution < -0.4 is 14.2 Å². The van der Waals surface area contributed by atoms with Gasteiger partial charge in [-0.25, -0.2) is 4.68 Å². The number of aromatic nitrogens is 2. The Morgan fingerprint density at radius 2 is 1.69 bits per heavy atom. The zero-order valence-electron chi connectivity index (χ0n) is 19.8. The van der Waals surface area contributed by atoms with Gasteiger partial charge in [0.1, 0.15) is 24.2 Å². The van der Waals surface area contributed by atoms with Crippen LogP contribution in [0.3, 0.4) is 0 Å². The molecule has 36 heavy (non-hydrogen) atoms. The average Bonchev–Trinajstić information content (AvgIpc) is 3.17. The summed E-state index contributed by atoms with van der Waals surface area (Å²) in [7, 11) is 3.32. The summed E-state index contributed by atoms with van der Waals surface area (Å²) < 4.78 is 18.8. The number of rotatable bonds is 8. The molecular formula is C27H23Cl2N3O4. The number of nitriles is 1. The number of methoxy groups -OCH3 is 1. The maximum atomic E-state index is 11.1. The normalized spacial score (nSPS) is 11.6. The van der Waals surface area contributed by atoms with Crippen molar-refractivity contribution in [3.05, 3.63) is 98.7 Å². The summed E-state index contributed by atoms with van der Waals surface area (Å²) in [4.78, 5) is 0. The predicted molar refractivity (Wildman–Crippen MR) is 137 cm³/mol. The minimum atomic E-state index is -1.03. The first-order valence-electron chi connectivity index (χ1n) is 10.9. The van der Waals surface area contributed by atoms with E-state index in [1.165, 1.54) is 4.68 Å². The van der Waals surface area contributed by atoms with Crippen LogP contribution in [0.25, 0.3) is 0 Å². The summed E-state index contributed by atoms with van der Waals surface area (Å²) in [5.74, 6) is 1.75. The number of aliphatic hydroxyl groups excluding tert-OH is 1. The van der Waals surface area contributed by atoms with Gasteiger partial charge in [0.25, 0.3) is 0 Å². The Bertz CT molecular complexity index is 1410. The minimum absolute atomic E-state index is 0.273. The van der Waals surface area contributed by atoms with E-state index in [0.29, 0.717) is 44.8 Å². The monoisotopic (exact) mass is 523 g/mol. The van der Waals surface area contributed by atoms with Gasteiger partial charge in [0.15, 0.2) is 5.75 Å². The van der Waals surface area contributed by atoms with Crippen LogP contribution in [0.15, 0.2) is 60.7 Å². The smallest absolute Gasteiger partial charge is 0.224 e.